The highest BCUT2D eigenvalue weighted by molar-refractivity contribution is 5.94. The normalized spacial score (nSPS) is 10.6. The maximum atomic E-state index is 11.9. The molecule has 0 fully saturated rings. The van der Waals surface area contributed by atoms with Crippen molar-refractivity contribution in [3.05, 3.63) is 60.2 Å². The van der Waals surface area contributed by atoms with E-state index in [4.69, 9.17) is 19.3 Å². The van der Waals surface area contributed by atoms with Gasteiger partial charge in [-0.15, -0.1) is 0 Å². The van der Waals surface area contributed by atoms with Gasteiger partial charge in [0.1, 0.15) is 12.4 Å². The van der Waals surface area contributed by atoms with Crippen LogP contribution in [-0.4, -0.2) is 83.8 Å². The van der Waals surface area contributed by atoms with E-state index in [0.717, 1.165) is 0 Å². The monoisotopic (exact) mass is 498 g/mol. The number of carbonyl (C=O) groups is 1. The topological polar surface area (TPSA) is 160 Å². The molecule has 3 aromatic rings. The average Bonchev–Trinajstić information content (AvgIpc) is 2.90. The van der Waals surface area contributed by atoms with E-state index in [1.54, 1.807) is 24.3 Å². The molecule has 12 nitrogen and oxygen atoms in total. The van der Waals surface area contributed by atoms with Crippen LogP contribution in [0.15, 0.2) is 54.6 Å². The highest BCUT2D eigenvalue weighted by Gasteiger charge is 2.08. The number of aromatic nitrogens is 3. The fourth-order valence-electron chi connectivity index (χ4n) is 2.85. The maximum Gasteiger partial charge on any atom is 0.323 e. The molecule has 0 radical (unpaired) electrons. The smallest absolute Gasteiger partial charge is 0.323 e. The zero-order chi connectivity index (χ0) is 25.4. The summed E-state index contributed by atoms with van der Waals surface area (Å²) in [5, 5.41) is 27.3. The van der Waals surface area contributed by atoms with E-state index in [9.17, 15) is 9.90 Å². The summed E-state index contributed by atoms with van der Waals surface area (Å²) in [6.45, 7) is 2.26. The van der Waals surface area contributed by atoms with Crippen LogP contribution in [-0.2, 0) is 9.47 Å². The standard InChI is InChI=1S/C24H30N6O6/c31-12-15-36-24-29-22(28-23(30-24)27-19-6-8-20(32)9-7-19)26-11-14-35-17-16-34-13-10-25-21(33)18-4-2-1-3-5-18/h1-9,31-32H,10-17H2,(H,25,33)(H2,26,27,28,29,30). The minimum absolute atomic E-state index is 0.0428. The van der Waals surface area contributed by atoms with Crippen molar-refractivity contribution in [2.24, 2.45) is 0 Å². The molecule has 1 heterocycles. The number of amides is 1. The van der Waals surface area contributed by atoms with Crippen LogP contribution in [0.5, 0.6) is 11.8 Å². The first-order chi connectivity index (χ1) is 17.6. The summed E-state index contributed by atoms with van der Waals surface area (Å²) in [6.07, 6.45) is 0. The molecule has 0 saturated heterocycles. The Labute approximate surface area is 208 Å². The van der Waals surface area contributed by atoms with Gasteiger partial charge in [-0.05, 0) is 36.4 Å². The fourth-order valence-corrected chi connectivity index (χ4v) is 2.85. The number of phenolic OH excluding ortho intramolecular Hbond substituents is 1. The Kier molecular flexibility index (Phi) is 11.2. The summed E-state index contributed by atoms with van der Waals surface area (Å²) < 4.78 is 16.3. The highest BCUT2D eigenvalue weighted by atomic mass is 16.5. The quantitative estimate of drug-likeness (QED) is 0.144. The van der Waals surface area contributed by atoms with Crippen molar-refractivity contribution < 1.29 is 29.2 Å². The molecule has 192 valence electrons. The molecule has 0 aliphatic carbocycles. The SMILES string of the molecule is O=C(NCCOCCOCCNc1nc(Nc2ccc(O)cc2)nc(OCCO)n1)c1ccccc1. The Balaban J connectivity index is 1.33. The molecule has 2 aromatic carbocycles. The number of hydrogen-bond donors (Lipinski definition) is 5. The van der Waals surface area contributed by atoms with Gasteiger partial charge in [0.05, 0.1) is 33.0 Å². The second-order valence-electron chi connectivity index (χ2n) is 7.28. The molecule has 5 N–H and O–H groups in total. The molecule has 1 aromatic heterocycles. The highest BCUT2D eigenvalue weighted by Crippen LogP contribution is 2.19. The van der Waals surface area contributed by atoms with Crippen LogP contribution in [0.2, 0.25) is 0 Å². The van der Waals surface area contributed by atoms with E-state index in [-0.39, 0.29) is 42.8 Å². The number of rotatable bonds is 16. The van der Waals surface area contributed by atoms with Gasteiger partial charge < -0.3 is 40.4 Å². The molecule has 0 aliphatic heterocycles. The summed E-state index contributed by atoms with van der Waals surface area (Å²) in [7, 11) is 0. The first-order valence-electron chi connectivity index (χ1n) is 11.4. The zero-order valence-corrected chi connectivity index (χ0v) is 19.7. The summed E-state index contributed by atoms with van der Waals surface area (Å²) >= 11 is 0. The van der Waals surface area contributed by atoms with Crippen LogP contribution in [0.25, 0.3) is 0 Å². The van der Waals surface area contributed by atoms with Crippen molar-refractivity contribution in [2.75, 3.05) is 63.4 Å². The van der Waals surface area contributed by atoms with Crippen molar-refractivity contribution in [1.82, 2.24) is 20.3 Å². The van der Waals surface area contributed by atoms with E-state index in [1.807, 2.05) is 18.2 Å². The van der Waals surface area contributed by atoms with Crippen LogP contribution in [0.1, 0.15) is 10.4 Å². The molecule has 0 spiro atoms. The number of nitrogens with one attached hydrogen (secondary N) is 3. The third kappa shape index (κ3) is 9.70. The molecule has 0 unspecified atom stereocenters. The van der Waals surface area contributed by atoms with E-state index >= 15 is 0 Å². The number of hydrogen-bond acceptors (Lipinski definition) is 11. The minimum atomic E-state index is -0.176. The van der Waals surface area contributed by atoms with E-state index in [1.165, 1.54) is 12.1 Å². The number of phenols is 1. The van der Waals surface area contributed by atoms with Crippen LogP contribution in [0, 0.1) is 0 Å². The lowest BCUT2D eigenvalue weighted by Gasteiger charge is -2.11. The van der Waals surface area contributed by atoms with Crippen LogP contribution in [0.4, 0.5) is 17.6 Å². The summed E-state index contributed by atoms with van der Waals surface area (Å²) in [6, 6.07) is 15.5. The molecule has 0 bridgehead atoms. The van der Waals surface area contributed by atoms with Crippen molar-refractivity contribution in [2.45, 2.75) is 0 Å². The predicted molar refractivity (Wildman–Crippen MR) is 133 cm³/mol. The molecule has 0 atom stereocenters. The number of nitrogens with zero attached hydrogens (tertiary/aromatic N) is 3. The number of ether oxygens (including phenoxy) is 3. The molecule has 1 amide bonds. The number of benzene rings is 2. The van der Waals surface area contributed by atoms with Crippen molar-refractivity contribution in [1.29, 1.82) is 0 Å². The Bertz CT molecular complexity index is 1050. The first-order valence-corrected chi connectivity index (χ1v) is 11.4. The number of carbonyl (C=O) groups excluding carboxylic acids is 1. The van der Waals surface area contributed by atoms with Gasteiger partial charge in [-0.25, -0.2) is 0 Å². The first kappa shape index (κ1) is 26.6. The van der Waals surface area contributed by atoms with Crippen molar-refractivity contribution in [3.63, 3.8) is 0 Å². The van der Waals surface area contributed by atoms with Crippen LogP contribution >= 0.6 is 0 Å². The Morgan fingerprint density at radius 2 is 1.50 bits per heavy atom. The van der Waals surface area contributed by atoms with Gasteiger partial charge in [0.25, 0.3) is 5.91 Å². The van der Waals surface area contributed by atoms with Gasteiger partial charge in [-0.3, -0.25) is 4.79 Å². The van der Waals surface area contributed by atoms with E-state index in [0.29, 0.717) is 50.8 Å². The molecule has 0 aliphatic rings. The second-order valence-corrected chi connectivity index (χ2v) is 7.28. The van der Waals surface area contributed by atoms with Gasteiger partial charge >= 0.3 is 6.01 Å². The van der Waals surface area contributed by atoms with Gasteiger partial charge in [0, 0.05) is 24.3 Å². The fraction of sp³-hybridized carbons (Fsp3) is 0.333. The number of aliphatic hydroxyl groups is 1. The molecular weight excluding hydrogens is 468 g/mol. The summed E-state index contributed by atoms with van der Waals surface area (Å²) in [5.41, 5.74) is 1.28. The molecule has 0 saturated carbocycles. The maximum absolute atomic E-state index is 11.9. The molecule has 3 rings (SSSR count). The lowest BCUT2D eigenvalue weighted by atomic mass is 10.2. The lowest BCUT2D eigenvalue weighted by Crippen LogP contribution is -2.27. The number of anilines is 3. The Morgan fingerprint density at radius 1 is 0.806 bits per heavy atom. The second kappa shape index (κ2) is 15.1. The third-order valence-corrected chi connectivity index (χ3v) is 4.53. The Morgan fingerprint density at radius 3 is 2.22 bits per heavy atom. The lowest BCUT2D eigenvalue weighted by molar-refractivity contribution is 0.0519. The molecular formula is C24H30N6O6. The van der Waals surface area contributed by atoms with Crippen molar-refractivity contribution in [3.8, 4) is 11.8 Å². The largest absolute Gasteiger partial charge is 0.508 e. The molecule has 36 heavy (non-hydrogen) atoms. The van der Waals surface area contributed by atoms with Crippen molar-refractivity contribution >= 4 is 23.5 Å². The number of aromatic hydroxyl groups is 1. The summed E-state index contributed by atoms with van der Waals surface area (Å²) in [4.78, 5) is 24.6. The number of aliphatic hydroxyl groups excluding tert-OH is 1. The van der Waals surface area contributed by atoms with E-state index < -0.39 is 0 Å². The Hall–Kier alpha value is -4.00. The molecule has 12 heteroatoms. The van der Waals surface area contributed by atoms with Gasteiger partial charge in [0.2, 0.25) is 11.9 Å². The zero-order valence-electron chi connectivity index (χ0n) is 19.7. The third-order valence-electron chi connectivity index (χ3n) is 4.53. The van der Waals surface area contributed by atoms with E-state index in [2.05, 4.69) is 30.9 Å². The van der Waals surface area contributed by atoms with Crippen LogP contribution < -0.4 is 20.7 Å². The van der Waals surface area contributed by atoms with Crippen LogP contribution in [0.3, 0.4) is 0 Å². The predicted octanol–water partition coefficient (Wildman–Crippen LogP) is 1.57. The van der Waals surface area contributed by atoms with Gasteiger partial charge in [-0.1, -0.05) is 18.2 Å². The summed E-state index contributed by atoms with van der Waals surface area (Å²) in [5.74, 6) is 0.518. The van der Waals surface area contributed by atoms with Gasteiger partial charge in [0.15, 0.2) is 0 Å². The van der Waals surface area contributed by atoms with Gasteiger partial charge in [-0.2, -0.15) is 15.0 Å². The average molecular weight is 499 g/mol. The minimum Gasteiger partial charge on any atom is -0.508 e.